The number of H-pyrrole nitrogens is 1. The van der Waals surface area contributed by atoms with Crippen LogP contribution in [0.2, 0.25) is 25.7 Å². The number of carbonyl (C=O) groups excluding carboxylic acids is 1. The molecule has 4 aliphatic rings. The van der Waals surface area contributed by atoms with E-state index in [1.165, 1.54) is 0 Å². The zero-order chi connectivity index (χ0) is 53.5. The Bertz CT molecular complexity index is 2910. The SMILES string of the molecule is CC1(C)CCc2c(C(=O)Nc3cnn(C(c4cccnc4)C4CCS(=O)CC4)c3)n[nH]c2C1.CC1(C)CCc2c(C(=O)O)nn(COCC[Si](C)(C)C)c2C1.Nc1cnn(C(c2cccnc2)C2CCS(=O)CC2)c1. The van der Waals surface area contributed by atoms with E-state index >= 15 is 0 Å². The molecule has 2 aliphatic carbocycles. The lowest BCUT2D eigenvalue weighted by atomic mass is 9.76. The van der Waals surface area contributed by atoms with Gasteiger partial charge in [-0.25, -0.2) is 9.48 Å². The van der Waals surface area contributed by atoms with Crippen LogP contribution in [-0.4, -0.2) is 113 Å². The Morgan fingerprint density at radius 2 is 1.37 bits per heavy atom. The number of hydrogen-bond donors (Lipinski definition) is 4. The molecule has 0 saturated carbocycles. The second kappa shape index (κ2) is 24.1. The second-order valence-electron chi connectivity index (χ2n) is 23.4. The smallest absolute Gasteiger partial charge is 0.356 e. The number of carbonyl (C=O) groups is 2. The van der Waals surface area contributed by atoms with E-state index in [0.717, 1.165) is 122 Å². The van der Waals surface area contributed by atoms with Gasteiger partial charge in [-0.3, -0.25) is 37.6 Å². The molecular weight excluding hydrogens is 1000 g/mol. The van der Waals surface area contributed by atoms with E-state index in [2.05, 4.69) is 100 Å². The fourth-order valence-corrected chi connectivity index (χ4v) is 14.2. The van der Waals surface area contributed by atoms with Crippen molar-refractivity contribution >= 4 is 52.9 Å². The number of anilines is 2. The maximum Gasteiger partial charge on any atom is 0.356 e. The van der Waals surface area contributed by atoms with Crippen molar-refractivity contribution in [2.24, 2.45) is 22.7 Å². The highest BCUT2D eigenvalue weighted by molar-refractivity contribution is 7.85. The summed E-state index contributed by atoms with van der Waals surface area (Å²) in [6, 6.07) is 9.21. The molecule has 2 aliphatic heterocycles. The number of fused-ring (bicyclic) bond motifs is 2. The molecule has 8 heterocycles. The molecule has 5 N–H and O–H groups in total. The zero-order valence-electron chi connectivity index (χ0n) is 44.7. The topological polar surface area (TPSA) is 244 Å². The van der Waals surface area contributed by atoms with Gasteiger partial charge in [0.25, 0.3) is 5.91 Å². The minimum atomic E-state index is -1.11. The van der Waals surface area contributed by atoms with Crippen LogP contribution < -0.4 is 11.1 Å². The average Bonchev–Trinajstić information content (AvgIpc) is 4.19. The first-order chi connectivity index (χ1) is 35.7. The van der Waals surface area contributed by atoms with Crippen molar-refractivity contribution in [2.45, 2.75) is 136 Å². The van der Waals surface area contributed by atoms with Crippen molar-refractivity contribution in [2.75, 3.05) is 40.7 Å². The number of carboxylic acids is 1. The molecule has 21 heteroatoms. The first kappa shape index (κ1) is 55.6. The molecule has 0 spiro atoms. The lowest BCUT2D eigenvalue weighted by molar-refractivity contribution is 0.0667. The molecule has 2 saturated heterocycles. The van der Waals surface area contributed by atoms with Crippen LogP contribution in [-0.2, 0) is 58.8 Å². The summed E-state index contributed by atoms with van der Waals surface area (Å²) < 4.78 is 34.8. The summed E-state index contributed by atoms with van der Waals surface area (Å²) in [4.78, 5) is 32.9. The van der Waals surface area contributed by atoms with Crippen molar-refractivity contribution < 1.29 is 27.9 Å². The van der Waals surface area contributed by atoms with Crippen LogP contribution in [0, 0.1) is 22.7 Å². The average molecular weight is 1080 g/mol. The minimum Gasteiger partial charge on any atom is -0.476 e. The van der Waals surface area contributed by atoms with E-state index in [9.17, 15) is 23.1 Å². The molecule has 1 amide bonds. The maximum atomic E-state index is 13.0. The molecule has 18 nitrogen and oxygen atoms in total. The van der Waals surface area contributed by atoms with Gasteiger partial charge in [-0.05, 0) is 116 Å². The van der Waals surface area contributed by atoms with Crippen molar-refractivity contribution in [1.82, 2.24) is 49.5 Å². The van der Waals surface area contributed by atoms with Crippen LogP contribution in [0.3, 0.4) is 0 Å². The minimum absolute atomic E-state index is 0.0120. The van der Waals surface area contributed by atoms with Gasteiger partial charge < -0.3 is 20.9 Å². The van der Waals surface area contributed by atoms with Crippen LogP contribution in [0.4, 0.5) is 11.4 Å². The highest BCUT2D eigenvalue weighted by Gasteiger charge is 2.35. The van der Waals surface area contributed by atoms with E-state index in [1.54, 1.807) is 29.5 Å². The number of nitrogens with zero attached hydrogens (tertiary/aromatic N) is 9. The molecule has 0 aromatic carbocycles. The monoisotopic (exact) mass is 1080 g/mol. The number of aromatic carboxylic acids is 1. The molecule has 0 radical (unpaired) electrons. The molecule has 2 unspecified atom stereocenters. The fourth-order valence-electron chi connectivity index (χ4n) is 10.7. The predicted octanol–water partition coefficient (Wildman–Crippen LogP) is 8.53. The van der Waals surface area contributed by atoms with Gasteiger partial charge in [0.2, 0.25) is 0 Å². The Hall–Kier alpha value is -5.64. The molecule has 75 heavy (non-hydrogen) atoms. The third kappa shape index (κ3) is 14.6. The van der Waals surface area contributed by atoms with Crippen molar-refractivity contribution in [3.8, 4) is 0 Å². The second-order valence-corrected chi connectivity index (χ2v) is 32.4. The molecule has 0 bridgehead atoms. The maximum absolute atomic E-state index is 13.0. The van der Waals surface area contributed by atoms with Crippen molar-refractivity contribution in [3.05, 3.63) is 119 Å². The molecule has 6 aromatic rings. The first-order valence-electron chi connectivity index (χ1n) is 26.3. The third-order valence-corrected chi connectivity index (χ3v) is 19.5. The van der Waals surface area contributed by atoms with E-state index < -0.39 is 35.6 Å². The Balaban J connectivity index is 0.000000156. The van der Waals surface area contributed by atoms with Gasteiger partial charge >= 0.3 is 5.97 Å². The van der Waals surface area contributed by atoms with E-state index in [0.29, 0.717) is 47.1 Å². The number of rotatable bonds is 14. The number of amides is 1. The van der Waals surface area contributed by atoms with Gasteiger partial charge in [-0.1, -0.05) is 59.5 Å². The fraction of sp³-hybridized carbons (Fsp3) is 0.556. The molecule has 10 rings (SSSR count). The van der Waals surface area contributed by atoms with E-state index in [4.69, 9.17) is 10.5 Å². The highest BCUT2D eigenvalue weighted by Crippen LogP contribution is 2.39. The first-order valence-corrected chi connectivity index (χ1v) is 33.0. The lowest BCUT2D eigenvalue weighted by Gasteiger charge is -2.30. The van der Waals surface area contributed by atoms with Gasteiger partial charge in [-0.15, -0.1) is 0 Å². The standard InChI is InChI=1S/C24H30N6O2S.C16H28N2O3Si.C14H18N4OS/c1-24(2)8-5-19-20(12-24)28-29-21(19)23(31)27-18-14-26-30(15-18)22(17-4-3-9-25-13-17)16-6-10-33(32)11-7-16;1-16(2)7-6-12-13(10-16)18(17-14(12)15(19)20)11-21-8-9-22(3,4)5;15-13-9-17-18(10-13)14(12-2-1-5-16-8-12)11-3-6-20(19)7-4-11/h3-4,9,13-16,22H,5-8,10-12H2,1-2H3,(H,27,31)(H,28,29);6-11H2,1-5H3,(H,19,20);1-2,5,8-11,14H,3-4,6-7,15H2. The number of aromatic amines is 1. The Labute approximate surface area is 446 Å². The summed E-state index contributed by atoms with van der Waals surface area (Å²) in [5.41, 5.74) is 14.5. The van der Waals surface area contributed by atoms with E-state index in [1.807, 2.05) is 46.3 Å². The van der Waals surface area contributed by atoms with Crippen LogP contribution in [0.25, 0.3) is 0 Å². The van der Waals surface area contributed by atoms with Crippen LogP contribution in [0.15, 0.2) is 73.8 Å². The van der Waals surface area contributed by atoms with Gasteiger partial charge in [0.05, 0.1) is 35.9 Å². The number of nitrogens with one attached hydrogen (secondary N) is 2. The molecular formula is C54H76N12O6S2Si. The molecule has 404 valence electrons. The quantitative estimate of drug-likeness (QED) is 0.0591. The largest absolute Gasteiger partial charge is 0.476 e. The molecule has 6 aromatic heterocycles. The number of aromatic nitrogens is 10. The summed E-state index contributed by atoms with van der Waals surface area (Å²) in [5, 5.41) is 33.0. The van der Waals surface area contributed by atoms with E-state index in [-0.39, 0.29) is 34.5 Å². The Morgan fingerprint density at radius 1 is 0.813 bits per heavy atom. The summed E-state index contributed by atoms with van der Waals surface area (Å²) in [7, 11) is -2.49. The number of carboxylic acid groups (broad SMARTS) is 1. The normalized spacial score (nSPS) is 21.7. The highest BCUT2D eigenvalue weighted by atomic mass is 32.2. The van der Waals surface area contributed by atoms with Gasteiger partial charge in [-0.2, -0.15) is 20.4 Å². The number of hydrogen-bond acceptors (Lipinski definition) is 12. The van der Waals surface area contributed by atoms with Crippen LogP contribution in [0.1, 0.15) is 133 Å². The van der Waals surface area contributed by atoms with Gasteiger partial charge in [0, 0.05) is 119 Å². The lowest BCUT2D eigenvalue weighted by Crippen LogP contribution is -2.28. The van der Waals surface area contributed by atoms with Gasteiger partial charge in [0.15, 0.2) is 11.4 Å². The Morgan fingerprint density at radius 3 is 1.91 bits per heavy atom. The van der Waals surface area contributed by atoms with Crippen molar-refractivity contribution in [1.29, 1.82) is 0 Å². The summed E-state index contributed by atoms with van der Waals surface area (Å²) in [6.07, 6.45) is 23.5. The summed E-state index contributed by atoms with van der Waals surface area (Å²) >= 11 is 0. The Kier molecular flexibility index (Phi) is 17.9. The number of pyridine rings is 2. The van der Waals surface area contributed by atoms with Crippen LogP contribution in [0.5, 0.6) is 0 Å². The zero-order valence-corrected chi connectivity index (χ0v) is 47.3. The van der Waals surface area contributed by atoms with Crippen molar-refractivity contribution in [3.63, 3.8) is 0 Å². The molecule has 2 fully saturated rings. The number of nitrogen functional groups attached to an aromatic ring is 1. The summed E-state index contributed by atoms with van der Waals surface area (Å²) in [6.45, 7) is 17.0. The van der Waals surface area contributed by atoms with Gasteiger partial charge in [0.1, 0.15) is 6.73 Å². The summed E-state index contributed by atoms with van der Waals surface area (Å²) in [5.74, 6) is 2.58. The third-order valence-electron chi connectivity index (χ3n) is 15.0. The molecule has 2 atom stereocenters. The predicted molar refractivity (Wildman–Crippen MR) is 296 cm³/mol. The number of nitrogens with two attached hydrogens (primary N) is 1. The number of ether oxygens (including phenoxy) is 1. The van der Waals surface area contributed by atoms with Crippen LogP contribution >= 0.6 is 0 Å².